The third-order valence-corrected chi connectivity index (χ3v) is 6.49. The van der Waals surface area contributed by atoms with E-state index >= 15 is 0 Å². The van der Waals surface area contributed by atoms with Gasteiger partial charge in [-0.25, -0.2) is 0 Å². The first-order chi connectivity index (χ1) is 14.7. The van der Waals surface area contributed by atoms with Gasteiger partial charge < -0.3 is 9.30 Å². The van der Waals surface area contributed by atoms with Crippen LogP contribution in [0.1, 0.15) is 63.6 Å². The van der Waals surface area contributed by atoms with Crippen molar-refractivity contribution in [3.05, 3.63) is 69.5 Å². The molecule has 0 aliphatic rings. The largest absolute Gasteiger partial charge is 0.483 e. The highest BCUT2D eigenvalue weighted by Crippen LogP contribution is 2.30. The van der Waals surface area contributed by atoms with E-state index in [2.05, 4.69) is 54.6 Å². The summed E-state index contributed by atoms with van der Waals surface area (Å²) in [4.78, 5) is 0. The van der Waals surface area contributed by atoms with Crippen LogP contribution in [0.5, 0.6) is 5.75 Å². The van der Waals surface area contributed by atoms with E-state index < -0.39 is 0 Å². The maximum atomic E-state index is 6.34. The van der Waals surface area contributed by atoms with Crippen molar-refractivity contribution in [1.82, 2.24) is 14.8 Å². The summed E-state index contributed by atoms with van der Waals surface area (Å²) in [5.74, 6) is 3.29. The lowest BCUT2D eigenvalue weighted by Gasteiger charge is -2.18. The minimum absolute atomic E-state index is 0.218. The molecule has 3 aromatic rings. The van der Waals surface area contributed by atoms with Crippen LogP contribution < -0.4 is 4.74 Å². The smallest absolute Gasteiger partial charge is 0.191 e. The van der Waals surface area contributed by atoms with Gasteiger partial charge in [0.2, 0.25) is 0 Å². The first kappa shape index (κ1) is 24.0. The van der Waals surface area contributed by atoms with Crippen molar-refractivity contribution in [2.24, 2.45) is 5.92 Å². The molecule has 1 atom stereocenters. The zero-order chi connectivity index (χ0) is 22.5. The Balaban J connectivity index is 1.77. The molecule has 0 fully saturated rings. The molecule has 0 saturated carbocycles. The molecule has 0 radical (unpaired) electrons. The summed E-state index contributed by atoms with van der Waals surface area (Å²) in [5.41, 5.74) is 2.31. The van der Waals surface area contributed by atoms with E-state index in [-0.39, 0.29) is 6.10 Å². The molecule has 4 nitrogen and oxygen atoms in total. The van der Waals surface area contributed by atoms with Gasteiger partial charge in [-0.05, 0) is 54.2 Å². The molecule has 1 unspecified atom stereocenters. The Hall–Kier alpha value is -1.69. The summed E-state index contributed by atoms with van der Waals surface area (Å²) in [7, 11) is 0. The number of ether oxygens (including phenoxy) is 1. The minimum Gasteiger partial charge on any atom is -0.483 e. The van der Waals surface area contributed by atoms with Gasteiger partial charge in [0.15, 0.2) is 17.1 Å². The molecule has 0 spiro atoms. The fourth-order valence-electron chi connectivity index (χ4n) is 3.21. The zero-order valence-electron chi connectivity index (χ0n) is 18.6. The molecule has 1 heterocycles. The van der Waals surface area contributed by atoms with E-state index in [1.165, 1.54) is 5.56 Å². The number of thioether (sulfide) groups is 1. The third-order valence-electron chi connectivity index (χ3n) is 4.89. The summed E-state index contributed by atoms with van der Waals surface area (Å²) >= 11 is 14.0. The van der Waals surface area contributed by atoms with Crippen LogP contribution in [0.25, 0.3) is 0 Å². The Morgan fingerprint density at radius 1 is 0.968 bits per heavy atom. The molecule has 7 heteroatoms. The van der Waals surface area contributed by atoms with Gasteiger partial charge in [-0.1, -0.05) is 80.9 Å². The van der Waals surface area contributed by atoms with E-state index in [0.717, 1.165) is 28.8 Å². The number of aromatic nitrogens is 3. The van der Waals surface area contributed by atoms with Gasteiger partial charge in [0.05, 0.1) is 0 Å². The second-order valence-electron chi connectivity index (χ2n) is 8.35. The fraction of sp³-hybridized carbons (Fsp3) is 0.417. The van der Waals surface area contributed by atoms with Gasteiger partial charge in [0.25, 0.3) is 0 Å². The maximum Gasteiger partial charge on any atom is 0.191 e. The number of nitrogens with zero attached hydrogens (tertiary/aromatic N) is 3. The number of halogens is 2. The highest BCUT2D eigenvalue weighted by atomic mass is 35.5. The highest BCUT2D eigenvalue weighted by Gasteiger charge is 2.21. The molecular weight excluding hydrogens is 449 g/mol. The predicted octanol–water partition coefficient (Wildman–Crippen LogP) is 7.80. The minimum atomic E-state index is -0.218. The Labute approximate surface area is 199 Å². The number of hydrogen-bond donors (Lipinski definition) is 0. The van der Waals surface area contributed by atoms with Gasteiger partial charge in [0.1, 0.15) is 5.75 Å². The summed E-state index contributed by atoms with van der Waals surface area (Å²) in [6.45, 7) is 11.6. The van der Waals surface area contributed by atoms with E-state index in [4.69, 9.17) is 27.9 Å². The number of benzene rings is 2. The van der Waals surface area contributed by atoms with Crippen LogP contribution >= 0.6 is 35.0 Å². The van der Waals surface area contributed by atoms with Gasteiger partial charge >= 0.3 is 0 Å². The highest BCUT2D eigenvalue weighted by molar-refractivity contribution is 7.98. The Morgan fingerprint density at radius 2 is 1.68 bits per heavy atom. The van der Waals surface area contributed by atoms with Crippen LogP contribution in [-0.2, 0) is 12.3 Å². The Kier molecular flexibility index (Phi) is 8.31. The van der Waals surface area contributed by atoms with Crippen LogP contribution in [0.3, 0.4) is 0 Å². The molecule has 0 amide bonds. The fourth-order valence-corrected chi connectivity index (χ4v) is 4.73. The van der Waals surface area contributed by atoms with Gasteiger partial charge in [-0.3, -0.25) is 0 Å². The molecule has 0 N–H and O–H groups in total. The zero-order valence-corrected chi connectivity index (χ0v) is 20.9. The molecule has 31 heavy (non-hydrogen) atoms. The average molecular weight is 478 g/mol. The molecule has 0 saturated heterocycles. The summed E-state index contributed by atoms with van der Waals surface area (Å²) < 4.78 is 8.36. The topological polar surface area (TPSA) is 39.9 Å². The normalized spacial score (nSPS) is 12.5. The van der Waals surface area contributed by atoms with Gasteiger partial charge in [-0.15, -0.1) is 10.2 Å². The monoisotopic (exact) mass is 477 g/mol. The van der Waals surface area contributed by atoms with E-state index in [1.54, 1.807) is 17.8 Å². The lowest BCUT2D eigenvalue weighted by atomic mass is 10.0. The van der Waals surface area contributed by atoms with Crippen LogP contribution in [0.4, 0.5) is 0 Å². The lowest BCUT2D eigenvalue weighted by Crippen LogP contribution is -2.15. The quantitative estimate of drug-likeness (QED) is 0.294. The van der Waals surface area contributed by atoms with Gasteiger partial charge in [0, 0.05) is 22.3 Å². The van der Waals surface area contributed by atoms with Crippen LogP contribution in [-0.4, -0.2) is 14.8 Å². The van der Waals surface area contributed by atoms with E-state index in [1.807, 2.05) is 31.2 Å². The molecule has 2 aromatic carbocycles. The molecule has 0 aliphatic carbocycles. The molecule has 1 aromatic heterocycles. The average Bonchev–Trinajstić information content (AvgIpc) is 3.09. The van der Waals surface area contributed by atoms with Crippen LogP contribution in [0.15, 0.2) is 47.6 Å². The second kappa shape index (κ2) is 10.8. The van der Waals surface area contributed by atoms with Crippen molar-refractivity contribution in [3.63, 3.8) is 0 Å². The SMILES string of the molecule is CC(C)Cn1c(SCc2ccc(Cl)cc2Cl)nnc1C(C)Oc1ccc(C(C)C)cc1. The predicted molar refractivity (Wildman–Crippen MR) is 130 cm³/mol. The first-order valence-corrected chi connectivity index (χ1v) is 12.2. The van der Waals surface area contributed by atoms with Crippen molar-refractivity contribution < 1.29 is 4.74 Å². The van der Waals surface area contributed by atoms with E-state index in [9.17, 15) is 0 Å². The summed E-state index contributed by atoms with van der Waals surface area (Å²) in [6, 6.07) is 13.8. The number of hydrogen-bond acceptors (Lipinski definition) is 4. The summed E-state index contributed by atoms with van der Waals surface area (Å²) in [5, 5.41) is 11.1. The number of rotatable bonds is 9. The molecular formula is C24H29Cl2N3OS. The molecule has 166 valence electrons. The second-order valence-corrected chi connectivity index (χ2v) is 10.1. The molecule has 0 bridgehead atoms. The molecule has 3 rings (SSSR count). The van der Waals surface area contributed by atoms with Crippen molar-refractivity contribution in [1.29, 1.82) is 0 Å². The van der Waals surface area contributed by atoms with E-state index in [0.29, 0.717) is 27.6 Å². The molecule has 0 aliphatic heterocycles. The Bertz CT molecular complexity index is 1000. The van der Waals surface area contributed by atoms with Gasteiger partial charge in [-0.2, -0.15) is 0 Å². The van der Waals surface area contributed by atoms with Crippen LogP contribution in [0, 0.1) is 5.92 Å². The maximum absolute atomic E-state index is 6.34. The van der Waals surface area contributed by atoms with Crippen molar-refractivity contribution in [2.45, 2.75) is 64.1 Å². The van der Waals surface area contributed by atoms with Crippen molar-refractivity contribution in [3.8, 4) is 5.75 Å². The Morgan fingerprint density at radius 3 is 2.29 bits per heavy atom. The van der Waals surface area contributed by atoms with Crippen molar-refractivity contribution >= 4 is 35.0 Å². The van der Waals surface area contributed by atoms with Crippen molar-refractivity contribution in [2.75, 3.05) is 0 Å². The first-order valence-electron chi connectivity index (χ1n) is 10.5. The van der Waals surface area contributed by atoms with Crippen LogP contribution in [0.2, 0.25) is 10.0 Å². The third kappa shape index (κ3) is 6.41. The standard InChI is InChI=1S/C24H29Cl2N3OS/c1-15(2)13-29-23(17(5)30-21-10-7-18(8-11-21)16(3)4)27-28-24(29)31-14-19-6-9-20(25)12-22(19)26/h6-12,15-17H,13-14H2,1-5H3. The summed E-state index contributed by atoms with van der Waals surface area (Å²) in [6.07, 6.45) is -0.218. The lowest BCUT2D eigenvalue weighted by molar-refractivity contribution is 0.207.